The van der Waals surface area contributed by atoms with E-state index in [2.05, 4.69) is 5.32 Å². The Bertz CT molecular complexity index is 1100. The van der Waals surface area contributed by atoms with Crippen LogP contribution in [0.1, 0.15) is 31.9 Å². The number of aryl methyl sites for hydroxylation is 1. The van der Waals surface area contributed by atoms with Gasteiger partial charge in [-0.15, -0.1) is 0 Å². The Morgan fingerprint density at radius 3 is 2.06 bits per heavy atom. The van der Waals surface area contributed by atoms with E-state index in [0.29, 0.717) is 27.8 Å². The highest BCUT2D eigenvalue weighted by Gasteiger charge is 2.31. The van der Waals surface area contributed by atoms with E-state index >= 15 is 0 Å². The summed E-state index contributed by atoms with van der Waals surface area (Å²) in [5.41, 5.74) is 1.78. The molecular formula is C24H31Cl2N3O4S. The second-order valence-electron chi connectivity index (χ2n) is 8.64. The molecule has 2 rings (SSSR count). The first-order valence-electron chi connectivity index (χ1n) is 10.9. The van der Waals surface area contributed by atoms with Gasteiger partial charge >= 0.3 is 0 Å². The minimum absolute atomic E-state index is 0.0564. The summed E-state index contributed by atoms with van der Waals surface area (Å²) in [4.78, 5) is 27.6. The lowest BCUT2D eigenvalue weighted by Crippen LogP contribution is -2.51. The third-order valence-electron chi connectivity index (χ3n) is 5.24. The predicted molar refractivity (Wildman–Crippen MR) is 138 cm³/mol. The van der Waals surface area contributed by atoms with Gasteiger partial charge in [-0.05, 0) is 44.0 Å². The van der Waals surface area contributed by atoms with E-state index in [4.69, 9.17) is 23.2 Å². The van der Waals surface area contributed by atoms with Crippen molar-refractivity contribution >= 4 is 50.7 Å². The number of anilines is 1. The van der Waals surface area contributed by atoms with Crippen molar-refractivity contribution < 1.29 is 18.0 Å². The van der Waals surface area contributed by atoms with Gasteiger partial charge in [0.1, 0.15) is 12.6 Å². The summed E-state index contributed by atoms with van der Waals surface area (Å²) in [6.45, 7) is 7.30. The molecule has 10 heteroatoms. The first-order chi connectivity index (χ1) is 15.8. The molecule has 0 aliphatic rings. The molecule has 0 bridgehead atoms. The number of nitrogens with zero attached hydrogens (tertiary/aromatic N) is 2. The summed E-state index contributed by atoms with van der Waals surface area (Å²) in [5, 5.41) is 3.51. The van der Waals surface area contributed by atoms with E-state index in [9.17, 15) is 18.0 Å². The normalized spacial score (nSPS) is 12.4. The molecule has 0 saturated carbocycles. The monoisotopic (exact) mass is 527 g/mol. The van der Waals surface area contributed by atoms with E-state index in [1.807, 2.05) is 20.8 Å². The van der Waals surface area contributed by atoms with Gasteiger partial charge in [0, 0.05) is 28.7 Å². The zero-order valence-electron chi connectivity index (χ0n) is 20.0. The molecule has 0 saturated heterocycles. The van der Waals surface area contributed by atoms with Gasteiger partial charge in [0.15, 0.2) is 0 Å². The Hall–Kier alpha value is -2.29. The van der Waals surface area contributed by atoms with Crippen LogP contribution in [0.5, 0.6) is 0 Å². The van der Waals surface area contributed by atoms with Crippen LogP contribution in [0, 0.1) is 12.8 Å². The van der Waals surface area contributed by atoms with Crippen LogP contribution in [0.4, 0.5) is 5.69 Å². The lowest BCUT2D eigenvalue weighted by Gasteiger charge is -2.32. The van der Waals surface area contributed by atoms with E-state index in [1.165, 1.54) is 4.90 Å². The molecule has 1 N–H and O–H groups in total. The molecule has 2 aromatic rings. The van der Waals surface area contributed by atoms with Crippen molar-refractivity contribution in [3.05, 3.63) is 63.6 Å². The molecule has 2 amide bonds. The van der Waals surface area contributed by atoms with Crippen LogP contribution in [-0.4, -0.2) is 50.5 Å². The largest absolute Gasteiger partial charge is 0.354 e. The zero-order valence-corrected chi connectivity index (χ0v) is 22.3. The van der Waals surface area contributed by atoms with Crippen LogP contribution in [0.25, 0.3) is 0 Å². The fraction of sp³-hybridized carbons (Fsp3) is 0.417. The van der Waals surface area contributed by atoms with Gasteiger partial charge in [-0.2, -0.15) is 0 Å². The van der Waals surface area contributed by atoms with Crippen LogP contribution < -0.4 is 9.62 Å². The van der Waals surface area contributed by atoms with Crippen molar-refractivity contribution in [2.75, 3.05) is 23.7 Å². The van der Waals surface area contributed by atoms with Gasteiger partial charge in [0.05, 0.1) is 11.9 Å². The Balaban J connectivity index is 2.41. The number of nitrogens with one attached hydrogen (secondary N) is 1. The van der Waals surface area contributed by atoms with Crippen molar-refractivity contribution in [3.8, 4) is 0 Å². The predicted octanol–water partition coefficient (Wildman–Crippen LogP) is 4.26. The molecule has 186 valence electrons. The number of halogens is 2. The number of amides is 2. The number of benzene rings is 2. The van der Waals surface area contributed by atoms with Crippen LogP contribution in [-0.2, 0) is 26.2 Å². The molecule has 0 aliphatic carbocycles. The number of hydrogen-bond donors (Lipinski definition) is 1. The van der Waals surface area contributed by atoms with Crippen LogP contribution >= 0.6 is 23.2 Å². The minimum atomic E-state index is -3.78. The fourth-order valence-corrected chi connectivity index (χ4v) is 4.58. The molecule has 7 nitrogen and oxygen atoms in total. The van der Waals surface area contributed by atoms with Crippen molar-refractivity contribution in [1.29, 1.82) is 0 Å². The third kappa shape index (κ3) is 7.61. The quantitative estimate of drug-likeness (QED) is 0.500. The van der Waals surface area contributed by atoms with Gasteiger partial charge in [0.2, 0.25) is 21.8 Å². The molecular weight excluding hydrogens is 497 g/mol. The van der Waals surface area contributed by atoms with Gasteiger partial charge < -0.3 is 10.2 Å². The van der Waals surface area contributed by atoms with Gasteiger partial charge in [-0.3, -0.25) is 13.9 Å². The summed E-state index contributed by atoms with van der Waals surface area (Å²) in [7, 11) is -3.78. The maximum absolute atomic E-state index is 13.5. The summed E-state index contributed by atoms with van der Waals surface area (Å²) < 4.78 is 26.1. The first-order valence-corrected chi connectivity index (χ1v) is 13.5. The molecule has 0 aliphatic heterocycles. The number of carbonyl (C=O) groups is 2. The van der Waals surface area contributed by atoms with Gasteiger partial charge in [0.25, 0.3) is 0 Å². The van der Waals surface area contributed by atoms with Crippen molar-refractivity contribution in [2.45, 2.75) is 40.3 Å². The SMILES string of the molecule is Cc1ccc(N(CC(=O)N(Cc2c(Cl)cccc2Cl)[C@H](C)C(=O)NCC(C)C)S(C)(=O)=O)cc1. The lowest BCUT2D eigenvalue weighted by molar-refractivity contribution is -0.139. The summed E-state index contributed by atoms with van der Waals surface area (Å²) in [6, 6.07) is 10.9. The Kier molecular flexibility index (Phi) is 9.79. The van der Waals surface area contributed by atoms with Crippen LogP contribution in [0.2, 0.25) is 10.0 Å². The van der Waals surface area contributed by atoms with E-state index < -0.39 is 28.5 Å². The fourth-order valence-electron chi connectivity index (χ4n) is 3.21. The number of hydrogen-bond acceptors (Lipinski definition) is 4. The number of carbonyl (C=O) groups excluding carboxylic acids is 2. The molecule has 0 fully saturated rings. The lowest BCUT2D eigenvalue weighted by atomic mass is 10.1. The molecule has 0 unspecified atom stereocenters. The Morgan fingerprint density at radius 2 is 1.56 bits per heavy atom. The smallest absolute Gasteiger partial charge is 0.244 e. The zero-order chi connectivity index (χ0) is 25.6. The maximum atomic E-state index is 13.5. The highest BCUT2D eigenvalue weighted by atomic mass is 35.5. The van der Waals surface area contributed by atoms with E-state index in [1.54, 1.807) is 49.4 Å². The topological polar surface area (TPSA) is 86.8 Å². The van der Waals surface area contributed by atoms with Crippen LogP contribution in [0.3, 0.4) is 0 Å². The van der Waals surface area contributed by atoms with Crippen molar-refractivity contribution in [3.63, 3.8) is 0 Å². The maximum Gasteiger partial charge on any atom is 0.244 e. The Labute approximate surface area is 212 Å². The number of sulfonamides is 1. The highest BCUT2D eigenvalue weighted by Crippen LogP contribution is 2.27. The van der Waals surface area contributed by atoms with Crippen molar-refractivity contribution in [1.82, 2.24) is 10.2 Å². The molecule has 0 aromatic heterocycles. The highest BCUT2D eigenvalue weighted by molar-refractivity contribution is 7.92. The molecule has 1 atom stereocenters. The average molecular weight is 529 g/mol. The van der Waals surface area contributed by atoms with Crippen LogP contribution in [0.15, 0.2) is 42.5 Å². The van der Waals surface area contributed by atoms with E-state index in [-0.39, 0.29) is 18.4 Å². The molecule has 0 heterocycles. The minimum Gasteiger partial charge on any atom is -0.354 e. The summed E-state index contributed by atoms with van der Waals surface area (Å²) in [5.74, 6) is -0.693. The molecule has 2 aromatic carbocycles. The second kappa shape index (κ2) is 11.9. The summed E-state index contributed by atoms with van der Waals surface area (Å²) in [6.07, 6.45) is 1.04. The van der Waals surface area contributed by atoms with E-state index in [0.717, 1.165) is 16.1 Å². The second-order valence-corrected chi connectivity index (χ2v) is 11.4. The standard InChI is InChI=1S/C24H31Cl2N3O4S/c1-16(2)13-27-24(31)18(4)28(14-20-21(25)7-6-8-22(20)26)23(30)15-29(34(5,32)33)19-11-9-17(3)10-12-19/h6-12,16,18H,13-15H2,1-5H3,(H,27,31)/t18-/m1/s1. The average Bonchev–Trinajstić information content (AvgIpc) is 2.75. The molecule has 0 spiro atoms. The van der Waals surface area contributed by atoms with Crippen molar-refractivity contribution in [2.24, 2.45) is 5.92 Å². The summed E-state index contributed by atoms with van der Waals surface area (Å²) >= 11 is 12.7. The first kappa shape index (κ1) is 28.0. The third-order valence-corrected chi connectivity index (χ3v) is 7.09. The Morgan fingerprint density at radius 1 is 1.00 bits per heavy atom. The van der Waals surface area contributed by atoms with Gasteiger partial charge in [-0.25, -0.2) is 8.42 Å². The van der Waals surface area contributed by atoms with Gasteiger partial charge in [-0.1, -0.05) is 60.8 Å². The molecule has 34 heavy (non-hydrogen) atoms. The number of rotatable bonds is 10. The molecule has 0 radical (unpaired) electrons.